The van der Waals surface area contributed by atoms with Crippen LogP contribution in [-0.2, 0) is 24.2 Å². The van der Waals surface area contributed by atoms with Crippen LogP contribution in [0.25, 0.3) is 0 Å². The van der Waals surface area contributed by atoms with E-state index in [4.69, 9.17) is 4.74 Å². The van der Waals surface area contributed by atoms with Gasteiger partial charge in [-0.1, -0.05) is 12.1 Å². The van der Waals surface area contributed by atoms with Crippen LogP contribution in [0.5, 0.6) is 0 Å². The van der Waals surface area contributed by atoms with Crippen molar-refractivity contribution in [2.24, 2.45) is 0 Å². The Morgan fingerprint density at radius 1 is 1.24 bits per heavy atom. The summed E-state index contributed by atoms with van der Waals surface area (Å²) in [4.78, 5) is 3.07. The molecule has 1 atom stereocenters. The van der Waals surface area contributed by atoms with Crippen LogP contribution in [0.3, 0.4) is 0 Å². The second-order valence-electron chi connectivity index (χ2n) is 5.80. The number of hydrogen-bond donors (Lipinski definition) is 1. The lowest BCUT2D eigenvalue weighted by Crippen LogP contribution is -2.05. The Hall–Kier alpha value is -1.32. The van der Waals surface area contributed by atoms with Crippen molar-refractivity contribution in [2.45, 2.75) is 45.3 Å². The summed E-state index contributed by atoms with van der Waals surface area (Å²) >= 11 is 1.99. The zero-order chi connectivity index (χ0) is 14.7. The summed E-state index contributed by atoms with van der Waals surface area (Å²) in [6.07, 6.45) is 5.25. The highest BCUT2D eigenvalue weighted by atomic mass is 32.1. The van der Waals surface area contributed by atoms with Crippen molar-refractivity contribution < 1.29 is 4.74 Å². The van der Waals surface area contributed by atoms with Gasteiger partial charge in [0, 0.05) is 22.6 Å². The van der Waals surface area contributed by atoms with E-state index in [1.165, 1.54) is 41.8 Å². The van der Waals surface area contributed by atoms with Crippen LogP contribution in [0.2, 0.25) is 0 Å². The molecule has 112 valence electrons. The highest BCUT2D eigenvalue weighted by Crippen LogP contribution is 2.34. The predicted octanol–water partition coefficient (Wildman–Crippen LogP) is 4.95. The molecule has 2 aromatic rings. The molecule has 3 heteroatoms. The van der Waals surface area contributed by atoms with Gasteiger partial charge < -0.3 is 10.1 Å². The van der Waals surface area contributed by atoms with E-state index < -0.39 is 0 Å². The van der Waals surface area contributed by atoms with Gasteiger partial charge in [0.25, 0.3) is 0 Å². The first-order valence-electron chi connectivity index (χ1n) is 7.72. The Morgan fingerprint density at radius 3 is 2.90 bits per heavy atom. The monoisotopic (exact) mass is 301 g/mol. The summed E-state index contributed by atoms with van der Waals surface area (Å²) in [5, 5.41) is 3.62. The van der Waals surface area contributed by atoms with E-state index >= 15 is 0 Å². The summed E-state index contributed by atoms with van der Waals surface area (Å²) in [6, 6.07) is 11.3. The molecule has 1 unspecified atom stereocenters. The molecule has 0 fully saturated rings. The van der Waals surface area contributed by atoms with Crippen molar-refractivity contribution in [3.8, 4) is 0 Å². The molecule has 0 amide bonds. The fourth-order valence-electron chi connectivity index (χ4n) is 2.97. The molecule has 0 saturated heterocycles. The fourth-order valence-corrected chi connectivity index (χ4v) is 4.23. The first-order chi connectivity index (χ1) is 10.3. The number of thiophene rings is 1. The maximum absolute atomic E-state index is 5.20. The van der Waals surface area contributed by atoms with Crippen LogP contribution in [0.15, 0.2) is 30.3 Å². The molecule has 3 rings (SSSR count). The second-order valence-corrected chi connectivity index (χ2v) is 6.97. The predicted molar refractivity (Wildman–Crippen MR) is 90.2 cm³/mol. The molecule has 0 bridgehead atoms. The van der Waals surface area contributed by atoms with Crippen molar-refractivity contribution in [2.75, 3.05) is 12.4 Å². The molecule has 1 N–H and O–H groups in total. The van der Waals surface area contributed by atoms with E-state index in [-0.39, 0.29) is 0 Å². The van der Waals surface area contributed by atoms with Crippen LogP contribution >= 0.6 is 11.3 Å². The third-order valence-electron chi connectivity index (χ3n) is 4.06. The second kappa shape index (κ2) is 6.63. The van der Waals surface area contributed by atoms with Gasteiger partial charge in [-0.2, -0.15) is 0 Å². The van der Waals surface area contributed by atoms with Crippen LogP contribution < -0.4 is 5.32 Å². The molecule has 1 aromatic heterocycles. The molecular formula is C18H23NOS. The molecule has 1 heterocycles. The van der Waals surface area contributed by atoms with Gasteiger partial charge in [0.05, 0.1) is 12.6 Å². The largest absolute Gasteiger partial charge is 0.380 e. The van der Waals surface area contributed by atoms with E-state index in [2.05, 4.69) is 42.6 Å². The quantitative estimate of drug-likeness (QED) is 0.844. The van der Waals surface area contributed by atoms with Crippen molar-refractivity contribution in [1.82, 2.24) is 0 Å². The lowest BCUT2D eigenvalue weighted by molar-refractivity contribution is 0.185. The lowest BCUT2D eigenvalue weighted by atomic mass is 9.99. The number of methoxy groups -OCH3 is 1. The Morgan fingerprint density at radius 2 is 2.10 bits per heavy atom. The summed E-state index contributed by atoms with van der Waals surface area (Å²) in [5.74, 6) is 0. The zero-order valence-corrected chi connectivity index (χ0v) is 13.6. The molecule has 1 aromatic carbocycles. The number of anilines is 1. The number of nitrogens with one attached hydrogen (secondary N) is 1. The van der Waals surface area contributed by atoms with Crippen molar-refractivity contribution in [3.63, 3.8) is 0 Å². The minimum absolute atomic E-state index is 0.360. The molecule has 21 heavy (non-hydrogen) atoms. The third-order valence-corrected chi connectivity index (χ3v) is 5.48. The van der Waals surface area contributed by atoms with Gasteiger partial charge in [-0.3, -0.25) is 0 Å². The summed E-state index contributed by atoms with van der Waals surface area (Å²) in [6.45, 7) is 2.91. The van der Waals surface area contributed by atoms with Crippen molar-refractivity contribution in [1.29, 1.82) is 0 Å². The average Bonchev–Trinajstić information content (AvgIpc) is 2.92. The molecular weight excluding hydrogens is 278 g/mol. The molecule has 1 aliphatic carbocycles. The van der Waals surface area contributed by atoms with Gasteiger partial charge in [0.1, 0.15) is 0 Å². The summed E-state index contributed by atoms with van der Waals surface area (Å²) < 4.78 is 5.20. The first kappa shape index (κ1) is 14.6. The normalized spacial score (nSPS) is 15.5. The van der Waals surface area contributed by atoms with E-state index in [1.807, 2.05) is 11.3 Å². The number of benzene rings is 1. The van der Waals surface area contributed by atoms with Gasteiger partial charge in [0.15, 0.2) is 0 Å². The van der Waals surface area contributed by atoms with Crippen LogP contribution in [-0.4, -0.2) is 7.11 Å². The van der Waals surface area contributed by atoms with E-state index in [1.54, 1.807) is 17.6 Å². The van der Waals surface area contributed by atoms with Gasteiger partial charge in [0.2, 0.25) is 0 Å². The minimum Gasteiger partial charge on any atom is -0.380 e. The van der Waals surface area contributed by atoms with Gasteiger partial charge in [-0.25, -0.2) is 0 Å². The molecule has 0 radical (unpaired) electrons. The number of fused-ring (bicyclic) bond motifs is 1. The number of ether oxygens (including phenoxy) is 1. The SMILES string of the molecule is COCc1cccc(NC(C)c2cc3c(s2)CCCC3)c1. The van der Waals surface area contributed by atoms with Gasteiger partial charge in [-0.15, -0.1) is 11.3 Å². The number of rotatable bonds is 5. The standard InChI is InChI=1S/C18H23NOS/c1-13(18-11-15-7-3-4-9-17(15)21-18)19-16-8-5-6-14(10-16)12-20-2/h5-6,8,10-11,13,19H,3-4,7,9,12H2,1-2H3. The molecule has 0 spiro atoms. The van der Waals surface area contributed by atoms with Crippen molar-refractivity contribution in [3.05, 3.63) is 51.2 Å². The van der Waals surface area contributed by atoms with E-state index in [0.29, 0.717) is 12.6 Å². The maximum atomic E-state index is 5.20. The summed E-state index contributed by atoms with van der Waals surface area (Å²) in [7, 11) is 1.74. The minimum atomic E-state index is 0.360. The smallest absolute Gasteiger partial charge is 0.0713 e. The lowest BCUT2D eigenvalue weighted by Gasteiger charge is -2.14. The van der Waals surface area contributed by atoms with Gasteiger partial charge in [-0.05, 0) is 61.9 Å². The Bertz CT molecular complexity index is 582. The number of hydrogen-bond acceptors (Lipinski definition) is 3. The van der Waals surface area contributed by atoms with Crippen LogP contribution in [0.1, 0.15) is 46.7 Å². The van der Waals surface area contributed by atoms with Crippen molar-refractivity contribution >= 4 is 17.0 Å². The summed E-state index contributed by atoms with van der Waals surface area (Å²) in [5.41, 5.74) is 3.96. The highest BCUT2D eigenvalue weighted by Gasteiger charge is 2.16. The highest BCUT2D eigenvalue weighted by molar-refractivity contribution is 7.12. The zero-order valence-electron chi connectivity index (χ0n) is 12.8. The Labute approximate surface area is 131 Å². The Balaban J connectivity index is 1.72. The number of aryl methyl sites for hydroxylation is 2. The topological polar surface area (TPSA) is 21.3 Å². The first-order valence-corrected chi connectivity index (χ1v) is 8.54. The fraction of sp³-hybridized carbons (Fsp3) is 0.444. The van der Waals surface area contributed by atoms with E-state index in [9.17, 15) is 0 Å². The Kier molecular flexibility index (Phi) is 4.61. The molecule has 0 aliphatic heterocycles. The van der Waals surface area contributed by atoms with Crippen LogP contribution in [0, 0.1) is 0 Å². The average molecular weight is 301 g/mol. The molecule has 2 nitrogen and oxygen atoms in total. The maximum Gasteiger partial charge on any atom is 0.0713 e. The van der Waals surface area contributed by atoms with Gasteiger partial charge >= 0.3 is 0 Å². The molecule has 1 aliphatic rings. The van der Waals surface area contributed by atoms with E-state index in [0.717, 1.165) is 0 Å². The third kappa shape index (κ3) is 3.47. The van der Waals surface area contributed by atoms with Crippen LogP contribution in [0.4, 0.5) is 5.69 Å². The molecule has 0 saturated carbocycles.